The normalized spacial score (nSPS) is 17.6. The highest BCUT2D eigenvalue weighted by Crippen LogP contribution is 2.52. The van der Waals surface area contributed by atoms with E-state index in [1.54, 1.807) is 0 Å². The second-order valence-electron chi connectivity index (χ2n) is 12.5. The summed E-state index contributed by atoms with van der Waals surface area (Å²) < 4.78 is 0. The molecular weight excluding hydrogens is 542 g/mol. The van der Waals surface area contributed by atoms with Crippen LogP contribution in [0.1, 0.15) is 40.5 Å². The van der Waals surface area contributed by atoms with Crippen LogP contribution < -0.4 is 4.90 Å². The standard InChI is InChI=1S/C44H33N/c1-3-12-30(13-4-1)32-17-11-18-36(26-32)45-43-21-10-9-20-39(43)42-28-34(23-25-44(42)45)33-22-24-38-40(31-14-5-2-6-15-31)29-35-16-7-8-19-37(35)41(38)27-33/h1-19,21-28,39-40H,20,29H2. The first kappa shape index (κ1) is 26.0. The Hall–Kier alpha value is -5.40. The number of allylic oxidation sites excluding steroid dienone is 4. The second-order valence-corrected chi connectivity index (χ2v) is 12.5. The average Bonchev–Trinajstić information content (AvgIpc) is 3.45. The Morgan fingerprint density at radius 1 is 0.511 bits per heavy atom. The van der Waals surface area contributed by atoms with Crippen LogP contribution in [0.25, 0.3) is 33.4 Å². The second kappa shape index (κ2) is 10.6. The highest BCUT2D eigenvalue weighted by Gasteiger charge is 2.35. The van der Waals surface area contributed by atoms with Crippen molar-refractivity contribution in [3.8, 4) is 33.4 Å². The number of nitrogens with zero attached hydrogens (tertiary/aromatic N) is 1. The smallest absolute Gasteiger partial charge is 0.0497 e. The summed E-state index contributed by atoms with van der Waals surface area (Å²) in [6.07, 6.45) is 8.90. The van der Waals surface area contributed by atoms with Crippen molar-refractivity contribution in [1.29, 1.82) is 0 Å². The Labute approximate surface area is 265 Å². The van der Waals surface area contributed by atoms with E-state index in [0.717, 1.165) is 12.8 Å². The predicted molar refractivity (Wildman–Crippen MR) is 188 cm³/mol. The monoisotopic (exact) mass is 575 g/mol. The fourth-order valence-electron chi connectivity index (χ4n) is 7.78. The van der Waals surface area contributed by atoms with Crippen LogP contribution in [0.15, 0.2) is 170 Å². The summed E-state index contributed by atoms with van der Waals surface area (Å²) in [5, 5.41) is 0. The number of rotatable bonds is 4. The van der Waals surface area contributed by atoms with Crippen molar-refractivity contribution in [2.75, 3.05) is 4.90 Å². The van der Waals surface area contributed by atoms with Gasteiger partial charge in [0.15, 0.2) is 0 Å². The van der Waals surface area contributed by atoms with Gasteiger partial charge in [0.2, 0.25) is 0 Å². The van der Waals surface area contributed by atoms with Gasteiger partial charge in [-0.05, 0) is 105 Å². The molecule has 0 fully saturated rings. The minimum atomic E-state index is 0.353. The lowest BCUT2D eigenvalue weighted by atomic mass is 9.75. The van der Waals surface area contributed by atoms with Gasteiger partial charge in [0.1, 0.15) is 0 Å². The lowest BCUT2D eigenvalue weighted by Gasteiger charge is -2.29. The van der Waals surface area contributed by atoms with Gasteiger partial charge in [-0.1, -0.05) is 127 Å². The van der Waals surface area contributed by atoms with Crippen LogP contribution in [0.5, 0.6) is 0 Å². The molecule has 1 nitrogen and oxygen atoms in total. The van der Waals surface area contributed by atoms with Crippen molar-refractivity contribution >= 4 is 11.4 Å². The molecule has 0 spiro atoms. The lowest BCUT2D eigenvalue weighted by Crippen LogP contribution is -2.14. The molecule has 3 aliphatic rings. The number of fused-ring (bicyclic) bond motifs is 6. The van der Waals surface area contributed by atoms with Crippen molar-refractivity contribution < 1.29 is 0 Å². The molecule has 0 amide bonds. The van der Waals surface area contributed by atoms with Crippen LogP contribution in [0, 0.1) is 0 Å². The quantitative estimate of drug-likeness (QED) is 0.202. The first-order chi connectivity index (χ1) is 22.3. The minimum absolute atomic E-state index is 0.353. The predicted octanol–water partition coefficient (Wildman–Crippen LogP) is 11.5. The Balaban J connectivity index is 1.14. The third kappa shape index (κ3) is 4.38. The van der Waals surface area contributed by atoms with E-state index in [2.05, 4.69) is 169 Å². The molecule has 2 atom stereocenters. The number of hydrogen-bond donors (Lipinski definition) is 0. The molecule has 2 unspecified atom stereocenters. The molecular formula is C44H33N. The maximum absolute atomic E-state index is 2.48. The van der Waals surface area contributed by atoms with Gasteiger partial charge in [0, 0.05) is 28.9 Å². The zero-order chi connectivity index (χ0) is 29.7. The summed E-state index contributed by atoms with van der Waals surface area (Å²) in [5.41, 5.74) is 17.3. The molecule has 0 N–H and O–H groups in total. The van der Waals surface area contributed by atoms with E-state index in [-0.39, 0.29) is 0 Å². The lowest BCUT2D eigenvalue weighted by molar-refractivity contribution is 0.794. The zero-order valence-corrected chi connectivity index (χ0v) is 25.1. The van der Waals surface area contributed by atoms with Crippen molar-refractivity contribution in [3.63, 3.8) is 0 Å². The van der Waals surface area contributed by atoms with Crippen LogP contribution >= 0.6 is 0 Å². The van der Waals surface area contributed by atoms with Gasteiger partial charge in [-0.3, -0.25) is 0 Å². The van der Waals surface area contributed by atoms with Crippen LogP contribution in [-0.2, 0) is 6.42 Å². The van der Waals surface area contributed by atoms with E-state index >= 15 is 0 Å². The minimum Gasteiger partial charge on any atom is -0.313 e. The van der Waals surface area contributed by atoms with E-state index < -0.39 is 0 Å². The third-order valence-corrected chi connectivity index (χ3v) is 9.94. The van der Waals surface area contributed by atoms with Crippen molar-refractivity contribution in [1.82, 2.24) is 0 Å². The van der Waals surface area contributed by atoms with E-state index in [9.17, 15) is 0 Å². The van der Waals surface area contributed by atoms with E-state index in [4.69, 9.17) is 0 Å². The fraction of sp³-hybridized carbons (Fsp3) is 0.0909. The highest BCUT2D eigenvalue weighted by atomic mass is 15.2. The molecule has 214 valence electrons. The summed E-state index contributed by atoms with van der Waals surface area (Å²) in [6.45, 7) is 0. The molecule has 1 aliphatic heterocycles. The van der Waals surface area contributed by atoms with E-state index in [1.807, 2.05) is 0 Å². The van der Waals surface area contributed by atoms with Crippen molar-refractivity contribution in [2.24, 2.45) is 0 Å². The topological polar surface area (TPSA) is 3.24 Å². The Kier molecular flexibility index (Phi) is 6.16. The molecule has 1 heteroatoms. The van der Waals surface area contributed by atoms with Gasteiger partial charge in [-0.2, -0.15) is 0 Å². The number of hydrogen-bond acceptors (Lipinski definition) is 1. The Bertz CT molecular complexity index is 2120. The molecule has 9 rings (SSSR count). The molecule has 45 heavy (non-hydrogen) atoms. The Morgan fingerprint density at radius 2 is 1.24 bits per heavy atom. The number of anilines is 2. The van der Waals surface area contributed by atoms with Gasteiger partial charge in [-0.25, -0.2) is 0 Å². The summed E-state index contributed by atoms with van der Waals surface area (Å²) in [4.78, 5) is 2.48. The van der Waals surface area contributed by atoms with Crippen molar-refractivity contribution in [2.45, 2.75) is 24.7 Å². The molecule has 0 saturated carbocycles. The number of benzene rings is 6. The molecule has 6 aromatic rings. The molecule has 1 heterocycles. The Morgan fingerprint density at radius 3 is 2.13 bits per heavy atom. The summed E-state index contributed by atoms with van der Waals surface area (Å²) in [7, 11) is 0. The fourth-order valence-corrected chi connectivity index (χ4v) is 7.78. The van der Waals surface area contributed by atoms with Crippen LogP contribution in [-0.4, -0.2) is 0 Å². The average molecular weight is 576 g/mol. The largest absolute Gasteiger partial charge is 0.313 e. The first-order valence-corrected chi connectivity index (χ1v) is 16.1. The van der Waals surface area contributed by atoms with Crippen LogP contribution in [0.3, 0.4) is 0 Å². The van der Waals surface area contributed by atoms with Gasteiger partial charge in [0.05, 0.1) is 0 Å². The highest BCUT2D eigenvalue weighted by molar-refractivity contribution is 5.85. The molecule has 0 radical (unpaired) electrons. The third-order valence-electron chi connectivity index (χ3n) is 9.94. The van der Waals surface area contributed by atoms with Gasteiger partial charge in [0.25, 0.3) is 0 Å². The molecule has 0 aromatic heterocycles. The summed E-state index contributed by atoms with van der Waals surface area (Å²) in [6, 6.07) is 53.9. The zero-order valence-electron chi connectivity index (χ0n) is 25.1. The van der Waals surface area contributed by atoms with Gasteiger partial charge >= 0.3 is 0 Å². The van der Waals surface area contributed by atoms with Gasteiger partial charge in [-0.15, -0.1) is 0 Å². The molecule has 2 aliphatic carbocycles. The maximum atomic E-state index is 2.48. The molecule has 0 bridgehead atoms. The van der Waals surface area contributed by atoms with E-state index in [0.29, 0.717) is 11.8 Å². The van der Waals surface area contributed by atoms with Gasteiger partial charge < -0.3 is 4.90 Å². The van der Waals surface area contributed by atoms with Crippen molar-refractivity contribution in [3.05, 3.63) is 192 Å². The molecule has 6 aromatic carbocycles. The van der Waals surface area contributed by atoms with Crippen LogP contribution in [0.4, 0.5) is 11.4 Å². The van der Waals surface area contributed by atoms with Crippen LogP contribution in [0.2, 0.25) is 0 Å². The SMILES string of the molecule is C1=CCC2C(=C1)N(c1cccc(-c3ccccc3)c1)c1ccc(-c3ccc4c(c3)-c3ccccc3CC4c3ccccc3)cc12. The summed E-state index contributed by atoms with van der Waals surface area (Å²) in [5.74, 6) is 0.721. The molecule has 0 saturated heterocycles. The van der Waals surface area contributed by atoms with E-state index in [1.165, 1.54) is 72.7 Å². The summed E-state index contributed by atoms with van der Waals surface area (Å²) >= 11 is 0. The first-order valence-electron chi connectivity index (χ1n) is 16.1. The maximum Gasteiger partial charge on any atom is 0.0497 e.